The van der Waals surface area contributed by atoms with Crippen LogP contribution >= 0.6 is 0 Å². The number of allylic oxidation sites excluding steroid dienone is 6. The molecule has 30 heavy (non-hydrogen) atoms. The highest BCUT2D eigenvalue weighted by Crippen LogP contribution is 2.66. The molecule has 0 radical (unpaired) electrons. The highest BCUT2D eigenvalue weighted by atomic mass is 16.4. The Morgan fingerprint density at radius 1 is 1.10 bits per heavy atom. The maximum atomic E-state index is 13.1. The van der Waals surface area contributed by atoms with Crippen molar-refractivity contribution in [2.75, 3.05) is 0 Å². The van der Waals surface area contributed by atoms with Crippen LogP contribution < -0.4 is 5.32 Å². The van der Waals surface area contributed by atoms with Crippen molar-refractivity contribution >= 4 is 11.8 Å². The summed E-state index contributed by atoms with van der Waals surface area (Å²) in [6.07, 6.45) is 18.8. The highest BCUT2D eigenvalue weighted by Gasteiger charge is 2.61. The molecule has 0 bridgehead atoms. The summed E-state index contributed by atoms with van der Waals surface area (Å²) in [5.74, 6) is 0.952. The second kappa shape index (κ2) is 6.96. The van der Waals surface area contributed by atoms with Gasteiger partial charge in [-0.2, -0.15) is 0 Å². The van der Waals surface area contributed by atoms with Gasteiger partial charge in [0.05, 0.1) is 11.8 Å². The van der Waals surface area contributed by atoms with E-state index in [-0.39, 0.29) is 22.7 Å². The fourth-order valence-electron chi connectivity index (χ4n) is 7.99. The molecule has 1 aliphatic heterocycles. The van der Waals surface area contributed by atoms with Crippen LogP contribution in [0.2, 0.25) is 0 Å². The lowest BCUT2D eigenvalue weighted by molar-refractivity contribution is -0.149. The minimum absolute atomic E-state index is 0.0341. The van der Waals surface area contributed by atoms with Crippen molar-refractivity contribution in [1.29, 1.82) is 0 Å². The Balaban J connectivity index is 1.51. The molecule has 2 N–H and O–H groups in total. The van der Waals surface area contributed by atoms with Gasteiger partial charge in [0, 0.05) is 18.3 Å². The molecular weight excluding hydrogens is 374 g/mol. The van der Waals surface area contributed by atoms with Crippen molar-refractivity contribution in [3.63, 3.8) is 0 Å². The van der Waals surface area contributed by atoms with E-state index in [0.717, 1.165) is 44.2 Å². The van der Waals surface area contributed by atoms with Gasteiger partial charge >= 0.3 is 5.97 Å². The number of ketones is 1. The number of Topliss-reactive ketones (excluding diaryl/α,β-unsaturated/α-hetero) is 1. The molecule has 0 saturated heterocycles. The van der Waals surface area contributed by atoms with Crippen molar-refractivity contribution in [3.05, 3.63) is 47.9 Å². The van der Waals surface area contributed by atoms with Crippen molar-refractivity contribution in [3.8, 4) is 0 Å². The first-order valence-corrected chi connectivity index (χ1v) is 11.6. The molecule has 0 aromatic carbocycles. The molecule has 0 aromatic heterocycles. The summed E-state index contributed by atoms with van der Waals surface area (Å²) in [4.78, 5) is 25.0. The van der Waals surface area contributed by atoms with Gasteiger partial charge in [0.15, 0.2) is 0 Å². The lowest BCUT2D eigenvalue weighted by Gasteiger charge is -2.58. The molecule has 4 aliphatic carbocycles. The van der Waals surface area contributed by atoms with Gasteiger partial charge < -0.3 is 10.4 Å². The molecule has 7 atom stereocenters. The number of carbonyl (C=O) groups excluding carboxylic acids is 1. The average Bonchev–Trinajstić information content (AvgIpc) is 2.87. The van der Waals surface area contributed by atoms with E-state index in [4.69, 9.17) is 0 Å². The molecule has 0 spiro atoms. The van der Waals surface area contributed by atoms with Crippen LogP contribution in [0.15, 0.2) is 47.9 Å². The zero-order valence-corrected chi connectivity index (χ0v) is 18.1. The van der Waals surface area contributed by atoms with Crippen LogP contribution in [-0.2, 0) is 9.59 Å². The zero-order chi connectivity index (χ0) is 21.1. The van der Waals surface area contributed by atoms with Crippen molar-refractivity contribution in [2.45, 2.75) is 58.8 Å². The Labute approximate surface area is 179 Å². The van der Waals surface area contributed by atoms with Gasteiger partial charge in [0.1, 0.15) is 5.78 Å². The van der Waals surface area contributed by atoms with E-state index in [1.54, 1.807) is 0 Å². The predicted octanol–water partition coefficient (Wildman–Crippen LogP) is 5.00. The first kappa shape index (κ1) is 19.8. The normalized spacial score (nSPS) is 44.7. The first-order chi connectivity index (χ1) is 14.4. The Hall–Kier alpha value is -2.10. The molecule has 160 valence electrons. The summed E-state index contributed by atoms with van der Waals surface area (Å²) in [5.41, 5.74) is 2.28. The van der Waals surface area contributed by atoms with Crippen LogP contribution in [0.4, 0.5) is 0 Å². The number of fused-ring (bicyclic) bond motifs is 5. The second-order valence-electron chi connectivity index (χ2n) is 10.6. The average molecular weight is 408 g/mol. The van der Waals surface area contributed by atoms with E-state index in [0.29, 0.717) is 30.0 Å². The monoisotopic (exact) mass is 407 g/mol. The number of carbonyl (C=O) groups is 2. The van der Waals surface area contributed by atoms with E-state index < -0.39 is 5.97 Å². The number of carboxylic acid groups (broad SMARTS) is 1. The standard InChI is InChI=1S/C26H33NO3/c1-25-14-12-22(28)23(21-6-4-3-5-15-27-21)19(25)8-7-16-17-9-10-20(24(29)30)26(17,2)13-11-18(16)25/h3-6,8,15-18,20,23,27H,7,9-14H2,1-2H3,(H,29,30)/t16-,17-,18-,20?,23?,25+,26-/m0/s1. The number of rotatable bonds is 2. The number of aliphatic carboxylic acids is 1. The van der Waals surface area contributed by atoms with Crippen molar-refractivity contribution < 1.29 is 14.7 Å². The number of nitrogens with one attached hydrogen (secondary N) is 1. The SMILES string of the molecule is C[C@]12CCC(=O)C(C3=CC=CC=CN3)C1=CC[C@@H]1[C@@H]2CC[C@]2(C)C(C(=O)O)CC[C@@H]12. The molecule has 1 heterocycles. The third-order valence-electron chi connectivity index (χ3n) is 9.50. The molecule has 5 aliphatic rings. The quantitative estimate of drug-likeness (QED) is 0.632. The van der Waals surface area contributed by atoms with Crippen LogP contribution in [0.1, 0.15) is 58.8 Å². The summed E-state index contributed by atoms with van der Waals surface area (Å²) >= 11 is 0. The molecule has 4 heteroatoms. The third kappa shape index (κ3) is 2.72. The Morgan fingerprint density at radius 3 is 2.73 bits per heavy atom. The van der Waals surface area contributed by atoms with Crippen LogP contribution in [0.5, 0.6) is 0 Å². The van der Waals surface area contributed by atoms with Gasteiger partial charge in [-0.1, -0.05) is 37.6 Å². The Bertz CT molecular complexity index is 896. The Morgan fingerprint density at radius 2 is 1.93 bits per heavy atom. The van der Waals surface area contributed by atoms with Crippen LogP contribution in [0, 0.1) is 40.4 Å². The largest absolute Gasteiger partial charge is 0.481 e. The number of carboxylic acids is 1. The predicted molar refractivity (Wildman–Crippen MR) is 116 cm³/mol. The second-order valence-corrected chi connectivity index (χ2v) is 10.6. The molecule has 5 rings (SSSR count). The van der Waals surface area contributed by atoms with Crippen LogP contribution in [0.3, 0.4) is 0 Å². The maximum Gasteiger partial charge on any atom is 0.307 e. The summed E-state index contributed by atoms with van der Waals surface area (Å²) in [6, 6.07) is 0. The minimum Gasteiger partial charge on any atom is -0.481 e. The minimum atomic E-state index is -0.604. The summed E-state index contributed by atoms with van der Waals surface area (Å²) < 4.78 is 0. The van der Waals surface area contributed by atoms with Gasteiger partial charge in [0.2, 0.25) is 0 Å². The summed E-state index contributed by atoms with van der Waals surface area (Å²) in [6.45, 7) is 4.64. The molecule has 0 aromatic rings. The zero-order valence-electron chi connectivity index (χ0n) is 18.1. The van der Waals surface area contributed by atoms with Gasteiger partial charge in [-0.3, -0.25) is 9.59 Å². The highest BCUT2D eigenvalue weighted by molar-refractivity contribution is 5.88. The van der Waals surface area contributed by atoms with Gasteiger partial charge in [-0.25, -0.2) is 0 Å². The summed E-state index contributed by atoms with van der Waals surface area (Å²) in [7, 11) is 0. The van der Waals surface area contributed by atoms with E-state index in [1.165, 1.54) is 5.57 Å². The van der Waals surface area contributed by atoms with Gasteiger partial charge in [-0.15, -0.1) is 0 Å². The van der Waals surface area contributed by atoms with Gasteiger partial charge in [0.25, 0.3) is 0 Å². The van der Waals surface area contributed by atoms with E-state index in [9.17, 15) is 14.7 Å². The van der Waals surface area contributed by atoms with Crippen molar-refractivity contribution in [1.82, 2.24) is 5.32 Å². The molecule has 0 amide bonds. The van der Waals surface area contributed by atoms with Crippen LogP contribution in [0.25, 0.3) is 0 Å². The lowest BCUT2D eigenvalue weighted by atomic mass is 9.46. The molecule has 2 unspecified atom stereocenters. The maximum absolute atomic E-state index is 13.1. The lowest BCUT2D eigenvalue weighted by Crippen LogP contribution is -2.52. The number of hydrogen-bond acceptors (Lipinski definition) is 3. The van der Waals surface area contributed by atoms with E-state index in [1.807, 2.05) is 30.5 Å². The molecule has 3 saturated carbocycles. The smallest absolute Gasteiger partial charge is 0.307 e. The molecule has 3 fully saturated rings. The number of hydrogen-bond donors (Lipinski definition) is 2. The van der Waals surface area contributed by atoms with Crippen LogP contribution in [-0.4, -0.2) is 16.9 Å². The first-order valence-electron chi connectivity index (χ1n) is 11.6. The summed E-state index contributed by atoms with van der Waals surface area (Å²) in [5, 5.41) is 13.2. The molecule has 4 nitrogen and oxygen atoms in total. The Kier molecular flexibility index (Phi) is 4.61. The fourth-order valence-corrected chi connectivity index (χ4v) is 7.99. The molecular formula is C26H33NO3. The van der Waals surface area contributed by atoms with E-state index in [2.05, 4.69) is 25.2 Å². The fraction of sp³-hybridized carbons (Fsp3) is 0.615. The van der Waals surface area contributed by atoms with Crippen molar-refractivity contribution in [2.24, 2.45) is 40.4 Å². The topological polar surface area (TPSA) is 66.4 Å². The van der Waals surface area contributed by atoms with E-state index >= 15 is 0 Å². The third-order valence-corrected chi connectivity index (χ3v) is 9.50. The van der Waals surface area contributed by atoms with Gasteiger partial charge in [-0.05, 0) is 79.3 Å².